The van der Waals surface area contributed by atoms with Crippen LogP contribution in [-0.4, -0.2) is 13.1 Å². The minimum absolute atomic E-state index is 0.540. The van der Waals surface area contributed by atoms with Crippen molar-refractivity contribution in [1.29, 1.82) is 0 Å². The first-order chi connectivity index (χ1) is 10.2. The first-order valence-corrected chi connectivity index (χ1v) is 8.02. The summed E-state index contributed by atoms with van der Waals surface area (Å²) in [5.74, 6) is 0.540. The van der Waals surface area contributed by atoms with E-state index >= 15 is 0 Å². The molecule has 21 heavy (non-hydrogen) atoms. The van der Waals surface area contributed by atoms with Gasteiger partial charge in [0.15, 0.2) is 0 Å². The Morgan fingerprint density at radius 3 is 2.33 bits per heavy atom. The average molecular weight is 281 g/mol. The van der Waals surface area contributed by atoms with E-state index in [-0.39, 0.29) is 0 Å². The predicted octanol–water partition coefficient (Wildman–Crippen LogP) is 4.63. The van der Waals surface area contributed by atoms with Crippen molar-refractivity contribution >= 4 is 0 Å². The molecule has 0 saturated carbocycles. The van der Waals surface area contributed by atoms with Crippen molar-refractivity contribution in [1.82, 2.24) is 5.32 Å². The Labute approximate surface area is 129 Å². The van der Waals surface area contributed by atoms with Crippen LogP contribution in [0, 0.1) is 13.8 Å². The first kappa shape index (κ1) is 15.8. The Balaban J connectivity index is 2.15. The Morgan fingerprint density at radius 1 is 0.952 bits per heavy atom. The quantitative estimate of drug-likeness (QED) is 0.730. The van der Waals surface area contributed by atoms with Crippen LogP contribution in [0.3, 0.4) is 0 Å². The van der Waals surface area contributed by atoms with Gasteiger partial charge in [0, 0.05) is 12.5 Å². The SMILES string of the molecule is CCCNCC(Cc1ccccc1C)c1ccc(C)cc1. The summed E-state index contributed by atoms with van der Waals surface area (Å²) < 4.78 is 0. The fourth-order valence-electron chi connectivity index (χ4n) is 2.70. The van der Waals surface area contributed by atoms with E-state index in [0.29, 0.717) is 5.92 Å². The molecule has 0 aliphatic rings. The molecule has 1 N–H and O–H groups in total. The van der Waals surface area contributed by atoms with Gasteiger partial charge in [0.2, 0.25) is 0 Å². The molecule has 1 atom stereocenters. The third-order valence-corrected chi connectivity index (χ3v) is 4.09. The third-order valence-electron chi connectivity index (χ3n) is 4.09. The summed E-state index contributed by atoms with van der Waals surface area (Å²) in [5, 5.41) is 3.59. The highest BCUT2D eigenvalue weighted by Crippen LogP contribution is 2.22. The second-order valence-corrected chi connectivity index (χ2v) is 5.94. The van der Waals surface area contributed by atoms with Gasteiger partial charge in [0.1, 0.15) is 0 Å². The number of hydrogen-bond acceptors (Lipinski definition) is 1. The highest BCUT2D eigenvalue weighted by atomic mass is 14.8. The van der Waals surface area contributed by atoms with Crippen LogP contribution in [0.25, 0.3) is 0 Å². The van der Waals surface area contributed by atoms with Crippen LogP contribution in [0.15, 0.2) is 48.5 Å². The first-order valence-electron chi connectivity index (χ1n) is 8.02. The van der Waals surface area contributed by atoms with Gasteiger partial charge in [0.25, 0.3) is 0 Å². The molecule has 0 saturated heterocycles. The molecule has 0 radical (unpaired) electrons. The van der Waals surface area contributed by atoms with Crippen LogP contribution >= 0.6 is 0 Å². The van der Waals surface area contributed by atoms with E-state index in [9.17, 15) is 0 Å². The lowest BCUT2D eigenvalue weighted by molar-refractivity contribution is 0.576. The zero-order valence-electron chi connectivity index (χ0n) is 13.5. The van der Waals surface area contributed by atoms with Gasteiger partial charge in [-0.2, -0.15) is 0 Å². The molecule has 0 aromatic heterocycles. The Bertz CT molecular complexity index is 542. The maximum atomic E-state index is 3.59. The number of benzene rings is 2. The van der Waals surface area contributed by atoms with Crippen molar-refractivity contribution < 1.29 is 0 Å². The molecule has 0 fully saturated rings. The van der Waals surface area contributed by atoms with E-state index in [0.717, 1.165) is 19.5 Å². The third kappa shape index (κ3) is 4.71. The van der Waals surface area contributed by atoms with Gasteiger partial charge in [-0.3, -0.25) is 0 Å². The van der Waals surface area contributed by atoms with Crippen LogP contribution < -0.4 is 5.32 Å². The van der Waals surface area contributed by atoms with E-state index in [1.54, 1.807) is 0 Å². The second kappa shape index (κ2) is 7.99. The van der Waals surface area contributed by atoms with Crippen molar-refractivity contribution in [2.75, 3.05) is 13.1 Å². The predicted molar refractivity (Wildman–Crippen MR) is 92.0 cm³/mol. The minimum atomic E-state index is 0.540. The molecule has 0 heterocycles. The molecule has 2 aromatic rings. The fourth-order valence-corrected chi connectivity index (χ4v) is 2.70. The lowest BCUT2D eigenvalue weighted by Crippen LogP contribution is -2.24. The summed E-state index contributed by atoms with van der Waals surface area (Å²) >= 11 is 0. The van der Waals surface area contributed by atoms with Gasteiger partial charge in [-0.05, 0) is 49.9 Å². The topological polar surface area (TPSA) is 12.0 Å². The molecule has 0 spiro atoms. The van der Waals surface area contributed by atoms with Gasteiger partial charge in [-0.1, -0.05) is 61.0 Å². The molecule has 0 aliphatic carbocycles. The van der Waals surface area contributed by atoms with Gasteiger partial charge in [0.05, 0.1) is 0 Å². The zero-order valence-corrected chi connectivity index (χ0v) is 13.5. The van der Waals surface area contributed by atoms with Gasteiger partial charge >= 0.3 is 0 Å². The monoisotopic (exact) mass is 281 g/mol. The van der Waals surface area contributed by atoms with Crippen molar-refractivity contribution in [2.45, 2.75) is 39.5 Å². The molecule has 2 aromatic carbocycles. The van der Waals surface area contributed by atoms with Crippen LogP contribution in [0.2, 0.25) is 0 Å². The van der Waals surface area contributed by atoms with E-state index in [1.165, 1.54) is 28.7 Å². The molecular weight excluding hydrogens is 254 g/mol. The average Bonchev–Trinajstić information content (AvgIpc) is 2.49. The molecule has 1 nitrogen and oxygen atoms in total. The number of rotatable bonds is 7. The van der Waals surface area contributed by atoms with Crippen molar-refractivity contribution in [2.24, 2.45) is 0 Å². The Morgan fingerprint density at radius 2 is 1.67 bits per heavy atom. The molecule has 1 heteroatoms. The molecule has 112 valence electrons. The van der Waals surface area contributed by atoms with Gasteiger partial charge in [-0.25, -0.2) is 0 Å². The van der Waals surface area contributed by atoms with Crippen molar-refractivity contribution in [3.05, 3.63) is 70.8 Å². The summed E-state index contributed by atoms with van der Waals surface area (Å²) in [6.45, 7) is 8.72. The summed E-state index contributed by atoms with van der Waals surface area (Å²) in [4.78, 5) is 0. The Kier molecular flexibility index (Phi) is 6.01. The van der Waals surface area contributed by atoms with E-state index in [1.807, 2.05) is 0 Å². The molecular formula is C20H27N. The highest BCUT2D eigenvalue weighted by Gasteiger charge is 2.13. The number of hydrogen-bond donors (Lipinski definition) is 1. The van der Waals surface area contributed by atoms with E-state index in [4.69, 9.17) is 0 Å². The second-order valence-electron chi connectivity index (χ2n) is 5.94. The smallest absolute Gasteiger partial charge is 0.00233 e. The lowest BCUT2D eigenvalue weighted by atomic mass is 9.89. The van der Waals surface area contributed by atoms with Crippen LogP contribution in [0.5, 0.6) is 0 Å². The maximum absolute atomic E-state index is 3.59. The maximum Gasteiger partial charge on any atom is 0.00233 e. The van der Waals surface area contributed by atoms with E-state index < -0.39 is 0 Å². The molecule has 0 aliphatic heterocycles. The largest absolute Gasteiger partial charge is 0.316 e. The van der Waals surface area contributed by atoms with Gasteiger partial charge in [-0.15, -0.1) is 0 Å². The summed E-state index contributed by atoms with van der Waals surface area (Å²) in [5.41, 5.74) is 5.62. The molecule has 0 amide bonds. The van der Waals surface area contributed by atoms with Crippen molar-refractivity contribution in [3.63, 3.8) is 0 Å². The van der Waals surface area contributed by atoms with E-state index in [2.05, 4.69) is 74.6 Å². The van der Waals surface area contributed by atoms with Gasteiger partial charge < -0.3 is 5.32 Å². The molecule has 0 bridgehead atoms. The number of nitrogens with one attached hydrogen (secondary N) is 1. The fraction of sp³-hybridized carbons (Fsp3) is 0.400. The van der Waals surface area contributed by atoms with Crippen LogP contribution in [-0.2, 0) is 6.42 Å². The lowest BCUT2D eigenvalue weighted by Gasteiger charge is -2.19. The zero-order chi connectivity index (χ0) is 15.1. The summed E-state index contributed by atoms with van der Waals surface area (Å²) in [6, 6.07) is 17.7. The standard InChI is InChI=1S/C20H27N/c1-4-13-21-15-20(18-11-9-16(2)10-12-18)14-19-8-6-5-7-17(19)3/h5-12,20-21H,4,13-15H2,1-3H3. The summed E-state index contributed by atoms with van der Waals surface area (Å²) in [6.07, 6.45) is 2.29. The van der Waals surface area contributed by atoms with Crippen molar-refractivity contribution in [3.8, 4) is 0 Å². The highest BCUT2D eigenvalue weighted by molar-refractivity contribution is 5.31. The van der Waals surface area contributed by atoms with Crippen LogP contribution in [0.4, 0.5) is 0 Å². The number of aryl methyl sites for hydroxylation is 2. The summed E-state index contributed by atoms with van der Waals surface area (Å²) in [7, 11) is 0. The Hall–Kier alpha value is -1.60. The minimum Gasteiger partial charge on any atom is -0.316 e. The normalized spacial score (nSPS) is 12.3. The molecule has 1 unspecified atom stereocenters. The van der Waals surface area contributed by atoms with Crippen LogP contribution in [0.1, 0.15) is 41.5 Å². The molecule has 2 rings (SSSR count).